The molecule has 2 heterocycles. The minimum atomic E-state index is 0.0680. The van der Waals surface area contributed by atoms with Crippen LogP contribution in [0, 0.1) is 0 Å². The van der Waals surface area contributed by atoms with Crippen molar-refractivity contribution in [3.05, 3.63) is 209 Å². The third kappa shape index (κ3) is 8.04. The van der Waals surface area contributed by atoms with E-state index in [1.54, 1.807) is 0 Å². The highest BCUT2D eigenvalue weighted by molar-refractivity contribution is 6.21. The fourth-order valence-corrected chi connectivity index (χ4v) is 10.5. The number of nitrogens with zero attached hydrogens (tertiary/aromatic N) is 1. The van der Waals surface area contributed by atoms with Crippen molar-refractivity contribution in [3.8, 4) is 0 Å². The molecule has 0 aliphatic heterocycles. The Morgan fingerprint density at radius 1 is 0.300 bits per heavy atom. The largest absolute Gasteiger partial charge is 0.455 e. The Morgan fingerprint density at radius 2 is 0.629 bits per heavy atom. The second-order valence-electron chi connectivity index (χ2n) is 23.9. The summed E-state index contributed by atoms with van der Waals surface area (Å²) in [6, 6.07) is 63.5. The van der Waals surface area contributed by atoms with Gasteiger partial charge in [-0.3, -0.25) is 0 Å². The van der Waals surface area contributed by atoms with Crippen LogP contribution in [-0.2, 0) is 21.7 Å². The maximum Gasteiger partial charge on any atom is 0.143 e. The lowest BCUT2D eigenvalue weighted by atomic mass is 9.80. The molecule has 0 bridgehead atoms. The number of rotatable bonds is 6. The first-order chi connectivity index (χ1) is 33.2. The Morgan fingerprint density at radius 3 is 1.03 bits per heavy atom. The molecular weight excluding hydrogens is 851 g/mol. The van der Waals surface area contributed by atoms with E-state index in [-0.39, 0.29) is 27.6 Å². The average Bonchev–Trinajstić information content (AvgIpc) is 3.88. The van der Waals surface area contributed by atoms with Crippen molar-refractivity contribution in [1.82, 2.24) is 0 Å². The van der Waals surface area contributed by atoms with E-state index in [0.717, 1.165) is 82.5 Å². The second-order valence-corrected chi connectivity index (χ2v) is 23.9. The van der Waals surface area contributed by atoms with Crippen LogP contribution in [0.4, 0.5) is 17.1 Å². The number of hydrogen-bond donors (Lipinski definition) is 0. The first-order valence-electron chi connectivity index (χ1n) is 25.1. The molecule has 11 rings (SSSR count). The van der Waals surface area contributed by atoms with Gasteiger partial charge in [0.25, 0.3) is 0 Å². The van der Waals surface area contributed by atoms with Gasteiger partial charge >= 0.3 is 0 Å². The van der Waals surface area contributed by atoms with Crippen LogP contribution in [0.2, 0.25) is 0 Å². The summed E-state index contributed by atoms with van der Waals surface area (Å²) >= 11 is 0. The van der Waals surface area contributed by atoms with E-state index >= 15 is 0 Å². The fraction of sp³-hybridized carbons (Fsp3) is 0.254. The van der Waals surface area contributed by atoms with Crippen molar-refractivity contribution in [1.29, 1.82) is 0 Å². The van der Waals surface area contributed by atoms with Gasteiger partial charge in [0.2, 0.25) is 0 Å². The Hall–Kier alpha value is -7.10. The summed E-state index contributed by atoms with van der Waals surface area (Å²) in [5, 5.41) is 8.75. The van der Waals surface area contributed by atoms with Crippen LogP contribution >= 0.6 is 0 Å². The van der Waals surface area contributed by atoms with Crippen molar-refractivity contribution in [3.63, 3.8) is 0 Å². The van der Waals surface area contributed by atoms with Crippen LogP contribution in [0.1, 0.15) is 128 Å². The Kier molecular flexibility index (Phi) is 10.5. The van der Waals surface area contributed by atoms with Gasteiger partial charge < -0.3 is 13.7 Å². The zero-order valence-electron chi connectivity index (χ0n) is 43.0. The monoisotopic (exact) mass is 916 g/mol. The summed E-state index contributed by atoms with van der Waals surface area (Å²) in [5.41, 5.74) is 16.3. The zero-order chi connectivity index (χ0) is 49.1. The highest BCUT2D eigenvalue weighted by Gasteiger charge is 2.24. The summed E-state index contributed by atoms with van der Waals surface area (Å²) in [6.45, 7) is 27.2. The van der Waals surface area contributed by atoms with E-state index < -0.39 is 0 Å². The Labute approximate surface area is 413 Å². The smallest absolute Gasteiger partial charge is 0.143 e. The molecule has 0 unspecified atom stereocenters. The quantitative estimate of drug-likeness (QED) is 0.156. The molecule has 0 fully saturated rings. The number of fused-ring (bicyclic) bond motifs is 10. The van der Waals surface area contributed by atoms with Crippen molar-refractivity contribution < 1.29 is 8.83 Å². The van der Waals surface area contributed by atoms with Crippen molar-refractivity contribution in [2.24, 2.45) is 0 Å². The van der Waals surface area contributed by atoms with Crippen LogP contribution in [0.5, 0.6) is 0 Å². The molecule has 350 valence electrons. The first-order valence-corrected chi connectivity index (χ1v) is 25.1. The van der Waals surface area contributed by atoms with Gasteiger partial charge in [-0.1, -0.05) is 186 Å². The zero-order valence-corrected chi connectivity index (χ0v) is 43.0. The third-order valence-electron chi connectivity index (χ3n) is 14.8. The van der Waals surface area contributed by atoms with E-state index in [1.807, 2.05) is 0 Å². The van der Waals surface area contributed by atoms with Gasteiger partial charge in [-0.15, -0.1) is 0 Å². The van der Waals surface area contributed by atoms with Gasteiger partial charge in [-0.25, -0.2) is 0 Å². The van der Waals surface area contributed by atoms with Gasteiger partial charge in [-0.2, -0.15) is 0 Å². The summed E-state index contributed by atoms with van der Waals surface area (Å²) in [7, 11) is 0. The molecule has 70 heavy (non-hydrogen) atoms. The summed E-state index contributed by atoms with van der Waals surface area (Å²) in [4.78, 5) is 2.36. The van der Waals surface area contributed by atoms with Gasteiger partial charge in [-0.05, 0) is 138 Å². The third-order valence-corrected chi connectivity index (χ3v) is 14.8. The van der Waals surface area contributed by atoms with Crippen LogP contribution in [0.15, 0.2) is 179 Å². The molecule has 3 nitrogen and oxygen atoms in total. The number of furan rings is 2. The summed E-state index contributed by atoms with van der Waals surface area (Å²) in [5.74, 6) is 0.0807. The molecule has 9 aromatic carbocycles. The molecule has 11 aromatic rings. The van der Waals surface area contributed by atoms with Crippen LogP contribution in [0.3, 0.4) is 0 Å². The van der Waals surface area contributed by atoms with Crippen LogP contribution < -0.4 is 4.90 Å². The van der Waals surface area contributed by atoms with Crippen LogP contribution in [0.25, 0.3) is 65.4 Å². The van der Waals surface area contributed by atoms with Gasteiger partial charge in [0.1, 0.15) is 22.3 Å². The lowest BCUT2D eigenvalue weighted by Crippen LogP contribution is -2.14. The van der Waals surface area contributed by atoms with E-state index in [1.165, 1.54) is 38.9 Å². The normalized spacial score (nSPS) is 13.0. The Bertz CT molecular complexity index is 3390. The number of hydrogen-bond acceptors (Lipinski definition) is 3. The minimum Gasteiger partial charge on any atom is -0.455 e. The predicted molar refractivity (Wildman–Crippen MR) is 299 cm³/mol. The molecule has 0 atom stereocenters. The lowest BCUT2D eigenvalue weighted by Gasteiger charge is -2.28. The average molecular weight is 916 g/mol. The molecule has 3 heteroatoms. The molecule has 0 aliphatic carbocycles. The van der Waals surface area contributed by atoms with Crippen molar-refractivity contribution in [2.45, 2.75) is 111 Å². The SMILES string of the molecule is CC(C)(C)c1ccc(C(c2ccc(C(C)(C)C)cc2)c2ccc3c(ccc4c5cc6oc7c8ccc(N(c9ccc(C(C)(C)C)cc9)c9ccc(C(C)(C)C)cc9)cc8ccc7c6cc5oc34)c2)cc1. The first kappa shape index (κ1) is 45.3. The molecule has 0 amide bonds. The summed E-state index contributed by atoms with van der Waals surface area (Å²) < 4.78 is 13.7. The van der Waals surface area contributed by atoms with E-state index in [0.29, 0.717) is 0 Å². The minimum absolute atomic E-state index is 0.0680. The van der Waals surface area contributed by atoms with Crippen molar-refractivity contribution in [2.75, 3.05) is 4.90 Å². The number of benzene rings is 9. The van der Waals surface area contributed by atoms with Crippen LogP contribution in [-0.4, -0.2) is 0 Å². The van der Waals surface area contributed by atoms with Crippen molar-refractivity contribution >= 4 is 82.5 Å². The highest BCUT2D eigenvalue weighted by atomic mass is 16.3. The molecule has 0 N–H and O–H groups in total. The highest BCUT2D eigenvalue weighted by Crippen LogP contribution is 2.44. The molecule has 2 aromatic heterocycles. The maximum absolute atomic E-state index is 6.87. The van der Waals surface area contributed by atoms with Gasteiger partial charge in [0, 0.05) is 55.3 Å². The number of anilines is 3. The molecule has 0 spiro atoms. The van der Waals surface area contributed by atoms with Gasteiger partial charge in [0.15, 0.2) is 0 Å². The molecule has 0 saturated heterocycles. The topological polar surface area (TPSA) is 29.5 Å². The fourth-order valence-electron chi connectivity index (χ4n) is 10.5. The second kappa shape index (κ2) is 16.2. The van der Waals surface area contributed by atoms with E-state index in [2.05, 4.69) is 258 Å². The lowest BCUT2D eigenvalue weighted by molar-refractivity contribution is 0.589. The molecule has 0 saturated carbocycles. The van der Waals surface area contributed by atoms with Gasteiger partial charge in [0.05, 0.1) is 0 Å². The van der Waals surface area contributed by atoms with E-state index in [9.17, 15) is 0 Å². The maximum atomic E-state index is 6.87. The molecule has 0 aliphatic rings. The standard InChI is InChI=1S/C67H65NO2/c1-64(2,3)46-20-13-41(14-21-46)61(42-15-22-47(23-16-42)65(4,5)6)45-19-33-53-43(37-45)17-34-55-57-39-60-58(40-59(57)69-62(53)55)56-35-18-44-38-52(32-36-54(44)63(56)70-60)68(50-28-24-48(25-29-50)66(7,8)9)51-30-26-49(27-31-51)67(10,11)12/h13-40,61H,1-12H3. The molecular formula is C67H65NO2. The Balaban J connectivity index is 0.973. The predicted octanol–water partition coefficient (Wildman–Crippen LogP) is 19.6. The molecule has 0 radical (unpaired) electrons. The van der Waals surface area contributed by atoms with E-state index in [4.69, 9.17) is 8.83 Å². The summed E-state index contributed by atoms with van der Waals surface area (Å²) in [6.07, 6.45) is 0.